The number of nitriles is 3. The highest BCUT2D eigenvalue weighted by atomic mass is 16.5. The lowest BCUT2D eigenvalue weighted by molar-refractivity contribution is -0.129. The molecule has 9 amide bonds. The van der Waals surface area contributed by atoms with E-state index in [0.29, 0.717) is 129 Å². The van der Waals surface area contributed by atoms with Gasteiger partial charge in [-0.15, -0.1) is 0 Å². The first-order chi connectivity index (χ1) is 47.9. The Morgan fingerprint density at radius 1 is 0.414 bits per heavy atom. The van der Waals surface area contributed by atoms with Crippen LogP contribution < -0.4 is 62.1 Å². The van der Waals surface area contributed by atoms with Gasteiger partial charge in [-0.3, -0.25) is 43.2 Å². The van der Waals surface area contributed by atoms with Crippen molar-refractivity contribution in [3.8, 4) is 35.5 Å². The van der Waals surface area contributed by atoms with E-state index in [4.69, 9.17) is 14.2 Å². The second-order valence-corrected chi connectivity index (χ2v) is 27.4. The fraction of sp³-hybridized carbons (Fsp3) is 0.520. The van der Waals surface area contributed by atoms with Crippen LogP contribution in [0.25, 0.3) is 18.2 Å². The molecule has 0 bridgehead atoms. The molecule has 24 nitrogen and oxygen atoms in total. The minimum absolute atomic E-state index is 0.0678. The van der Waals surface area contributed by atoms with E-state index >= 15 is 0 Å². The summed E-state index contributed by atoms with van der Waals surface area (Å²) < 4.78 is 16.2. The maximum absolute atomic E-state index is 13.1. The van der Waals surface area contributed by atoms with Gasteiger partial charge in [0.2, 0.25) is 53.2 Å². The van der Waals surface area contributed by atoms with Crippen LogP contribution in [0.5, 0.6) is 17.2 Å². The second-order valence-electron chi connectivity index (χ2n) is 27.4. The second kappa shape index (κ2) is 34.0. The molecule has 3 aliphatic heterocycles. The predicted octanol–water partition coefficient (Wildman–Crippen LogP) is 5.53. The number of ether oxygens (including phenoxy) is 3. The molecule has 24 heteroatoms. The Labute approximate surface area is 577 Å². The highest BCUT2D eigenvalue weighted by molar-refractivity contribution is 6.05. The number of amides is 9. The molecule has 522 valence electrons. The maximum atomic E-state index is 13.1. The van der Waals surface area contributed by atoms with Crippen molar-refractivity contribution < 1.29 is 57.4 Å². The lowest BCUT2D eigenvalue weighted by Crippen LogP contribution is -2.51. The molecule has 99 heavy (non-hydrogen) atoms. The molecule has 3 saturated carbocycles. The zero-order valence-corrected chi connectivity index (χ0v) is 56.6. The standard InChI is InChI=1S/3C25H30N4O4/c3*1-33-22-6-2-4-16-11-18(13-20(16)22)24(31)29-21(10-15-7-8-15)25(32)28-19(14-26)12-17-5-3-9-27-23(17)30/h3*2,4,6,13,15,17,19,21H,3,5,7-12H2,1H3,(H,27,30)(H,28,32)(H,29,31)/t17-,19+,21+;17-,19+,21-;17-,19-,21+/m000/s1. The molecular formula is C75H90N12O12. The Balaban J connectivity index is 0.000000161. The van der Waals surface area contributed by atoms with Crippen LogP contribution in [0.15, 0.2) is 71.3 Å². The van der Waals surface area contributed by atoms with Crippen LogP contribution in [0.3, 0.4) is 0 Å². The van der Waals surface area contributed by atoms with Crippen molar-refractivity contribution in [2.24, 2.45) is 35.5 Å². The van der Waals surface area contributed by atoms with Gasteiger partial charge >= 0.3 is 0 Å². The van der Waals surface area contributed by atoms with Crippen molar-refractivity contribution in [1.82, 2.24) is 47.9 Å². The van der Waals surface area contributed by atoms with Gasteiger partial charge in [0.25, 0.3) is 0 Å². The summed E-state index contributed by atoms with van der Waals surface area (Å²) >= 11 is 0. The topological polar surface area (TPSA) is 361 Å². The number of rotatable bonds is 27. The minimum Gasteiger partial charge on any atom is -0.496 e. The highest BCUT2D eigenvalue weighted by Crippen LogP contribution is 2.39. The van der Waals surface area contributed by atoms with E-state index in [-0.39, 0.29) is 90.2 Å². The number of nitrogens with zero attached hydrogens (tertiary/aromatic N) is 3. The largest absolute Gasteiger partial charge is 0.496 e. The summed E-state index contributed by atoms with van der Waals surface area (Å²) in [5.74, 6) is 0.352. The molecule has 9 atom stereocenters. The summed E-state index contributed by atoms with van der Waals surface area (Å²) in [6.07, 6.45) is 20.3. The first kappa shape index (κ1) is 71.7. The third-order valence-corrected chi connectivity index (χ3v) is 19.9. The van der Waals surface area contributed by atoms with Gasteiger partial charge in [-0.25, -0.2) is 0 Å². The molecule has 0 unspecified atom stereocenters. The van der Waals surface area contributed by atoms with Crippen molar-refractivity contribution in [1.29, 1.82) is 15.8 Å². The Morgan fingerprint density at radius 3 is 0.919 bits per heavy atom. The van der Waals surface area contributed by atoms with Gasteiger partial charge in [-0.05, 0) is 148 Å². The average Bonchev–Trinajstić information content (AvgIpc) is 1.68. The molecule has 3 aromatic rings. The molecule has 0 radical (unpaired) electrons. The van der Waals surface area contributed by atoms with Crippen LogP contribution in [0.4, 0.5) is 0 Å². The Morgan fingerprint density at radius 2 is 0.687 bits per heavy atom. The van der Waals surface area contributed by atoms with E-state index in [1.54, 1.807) is 21.3 Å². The SMILES string of the molecule is COc1cccc2c1C=C(C(=O)N[C@@H](CC1CC1)C(=O)N[C@@H](C#N)C[C@@H]1CCCNC1=O)C2.COc1cccc2c1C=C(C(=O)N[C@H](CC1CC1)C(=O)N[C@@H](C#N)C[C@@H]1CCCNC1=O)C2.COc1cccc2c1C=C(C(=O)N[C@H](CC1CC1)C(=O)N[C@H](C#N)C[C@@H]1CCCNC1=O)C2. The third kappa shape index (κ3) is 19.6. The summed E-state index contributed by atoms with van der Waals surface area (Å²) in [5, 5.41) is 54.1. The molecule has 12 rings (SSSR count). The van der Waals surface area contributed by atoms with E-state index in [9.17, 15) is 58.9 Å². The molecular weight excluding hydrogens is 1260 g/mol. The summed E-state index contributed by atoms with van der Waals surface area (Å²) in [5.41, 5.74) is 7.46. The van der Waals surface area contributed by atoms with Crippen LogP contribution >= 0.6 is 0 Å². The normalized spacial score (nSPS) is 21.0. The highest BCUT2D eigenvalue weighted by Gasteiger charge is 2.38. The van der Waals surface area contributed by atoms with Gasteiger partial charge in [0.05, 0.1) is 39.5 Å². The average molecular weight is 1350 g/mol. The zero-order chi connectivity index (χ0) is 70.1. The van der Waals surface area contributed by atoms with Gasteiger partial charge in [-0.2, -0.15) is 15.8 Å². The molecule has 9 aliphatic rings. The van der Waals surface area contributed by atoms with Crippen LogP contribution in [-0.2, 0) is 62.4 Å². The van der Waals surface area contributed by atoms with Gasteiger partial charge in [-0.1, -0.05) is 74.9 Å². The van der Waals surface area contributed by atoms with Crippen molar-refractivity contribution in [2.45, 2.75) is 171 Å². The molecule has 6 aliphatic carbocycles. The summed E-state index contributed by atoms with van der Waals surface area (Å²) in [6, 6.07) is 19.0. The van der Waals surface area contributed by atoms with Crippen LogP contribution in [0.2, 0.25) is 0 Å². The quantitative estimate of drug-likeness (QED) is 0.0453. The van der Waals surface area contributed by atoms with E-state index < -0.39 is 36.3 Å². The predicted molar refractivity (Wildman–Crippen MR) is 366 cm³/mol. The van der Waals surface area contributed by atoms with E-state index in [1.807, 2.05) is 72.8 Å². The Kier molecular flexibility index (Phi) is 24.6. The summed E-state index contributed by atoms with van der Waals surface area (Å²) in [7, 11) is 4.79. The monoisotopic (exact) mass is 1350 g/mol. The van der Waals surface area contributed by atoms with E-state index in [0.717, 1.165) is 91.2 Å². The maximum Gasteiger partial charge on any atom is 0.248 e. The van der Waals surface area contributed by atoms with Crippen LogP contribution in [-0.4, -0.2) is 130 Å². The smallest absolute Gasteiger partial charge is 0.248 e. The summed E-state index contributed by atoms with van der Waals surface area (Å²) in [6.45, 7) is 1.96. The number of methoxy groups -OCH3 is 3. The number of hydrogen-bond donors (Lipinski definition) is 9. The first-order valence-electron chi connectivity index (χ1n) is 34.9. The number of carbonyl (C=O) groups is 9. The van der Waals surface area contributed by atoms with Crippen molar-refractivity contribution in [2.75, 3.05) is 41.0 Å². The molecule has 3 saturated heterocycles. The van der Waals surface area contributed by atoms with E-state index in [2.05, 4.69) is 66.1 Å². The molecule has 9 N–H and O–H groups in total. The Bertz CT molecular complexity index is 3410. The molecule has 0 spiro atoms. The van der Waals surface area contributed by atoms with Crippen molar-refractivity contribution >= 4 is 71.4 Å². The number of fused-ring (bicyclic) bond motifs is 3. The zero-order valence-electron chi connectivity index (χ0n) is 56.6. The minimum atomic E-state index is -0.774. The van der Waals surface area contributed by atoms with Gasteiger partial charge in [0.1, 0.15) is 53.5 Å². The number of hydrogen-bond acceptors (Lipinski definition) is 15. The van der Waals surface area contributed by atoms with Gasteiger partial charge in [0.15, 0.2) is 0 Å². The fourth-order valence-electron chi connectivity index (χ4n) is 13.8. The van der Waals surface area contributed by atoms with E-state index in [1.165, 1.54) is 0 Å². The van der Waals surface area contributed by atoms with Crippen molar-refractivity contribution in [3.05, 3.63) is 105 Å². The number of piperidine rings is 3. The lowest BCUT2D eigenvalue weighted by Gasteiger charge is -2.25. The van der Waals surface area contributed by atoms with Crippen LogP contribution in [0.1, 0.15) is 149 Å². The Hall–Kier alpha value is -10.0. The van der Waals surface area contributed by atoms with Crippen molar-refractivity contribution in [3.63, 3.8) is 0 Å². The lowest BCUT2D eigenvalue weighted by atomic mass is 9.92. The molecule has 6 fully saturated rings. The molecule has 3 aromatic carbocycles. The third-order valence-electron chi connectivity index (χ3n) is 19.9. The van der Waals surface area contributed by atoms with Gasteiger partial charge in [0, 0.05) is 90.1 Å². The number of carbonyl (C=O) groups excluding carboxylic acids is 9. The number of nitrogens with one attached hydrogen (secondary N) is 9. The summed E-state index contributed by atoms with van der Waals surface area (Å²) in [4.78, 5) is 114. The molecule has 3 heterocycles. The van der Waals surface area contributed by atoms with Gasteiger partial charge < -0.3 is 62.1 Å². The fourth-order valence-corrected chi connectivity index (χ4v) is 13.8. The number of benzene rings is 3. The first-order valence-corrected chi connectivity index (χ1v) is 34.9. The molecule has 0 aromatic heterocycles. The van der Waals surface area contributed by atoms with Crippen LogP contribution in [0, 0.1) is 69.5 Å².